The van der Waals surface area contributed by atoms with Gasteiger partial charge in [0.1, 0.15) is 5.69 Å². The molecule has 0 aliphatic carbocycles. The minimum Gasteiger partial charge on any atom is -0.399 e. The van der Waals surface area contributed by atoms with Gasteiger partial charge >= 0.3 is 0 Å². The summed E-state index contributed by atoms with van der Waals surface area (Å²) in [5.41, 5.74) is 8.47. The van der Waals surface area contributed by atoms with Gasteiger partial charge in [0, 0.05) is 37.4 Å². The molecule has 0 bridgehead atoms. The first-order valence-electron chi connectivity index (χ1n) is 5.86. The van der Waals surface area contributed by atoms with Gasteiger partial charge in [-0.25, -0.2) is 0 Å². The SMILES string of the molecule is CN(C)C(=O)c1cc(Nc2cccc(N)c2)ccn1. The maximum Gasteiger partial charge on any atom is 0.272 e. The Balaban J connectivity index is 2.22. The van der Waals surface area contributed by atoms with Crippen LogP contribution in [0.3, 0.4) is 0 Å². The average molecular weight is 256 g/mol. The molecular formula is C14H16N4O. The average Bonchev–Trinajstić information content (AvgIpc) is 2.38. The van der Waals surface area contributed by atoms with Crippen LogP contribution in [0, 0.1) is 0 Å². The van der Waals surface area contributed by atoms with Crippen LogP contribution in [0.4, 0.5) is 17.1 Å². The molecule has 2 rings (SSSR count). The lowest BCUT2D eigenvalue weighted by Crippen LogP contribution is -2.22. The van der Waals surface area contributed by atoms with Gasteiger partial charge in [0.05, 0.1) is 0 Å². The minimum absolute atomic E-state index is 0.128. The van der Waals surface area contributed by atoms with Crippen LogP contribution in [0.15, 0.2) is 42.6 Å². The van der Waals surface area contributed by atoms with Gasteiger partial charge in [-0.3, -0.25) is 9.78 Å². The third-order valence-electron chi connectivity index (χ3n) is 2.56. The zero-order valence-corrected chi connectivity index (χ0v) is 10.9. The lowest BCUT2D eigenvalue weighted by Gasteiger charge is -2.11. The Hall–Kier alpha value is -2.56. The number of nitrogens with zero attached hydrogens (tertiary/aromatic N) is 2. The molecule has 0 saturated heterocycles. The summed E-state index contributed by atoms with van der Waals surface area (Å²) in [7, 11) is 3.39. The van der Waals surface area contributed by atoms with E-state index < -0.39 is 0 Å². The fourth-order valence-corrected chi connectivity index (χ4v) is 1.64. The van der Waals surface area contributed by atoms with E-state index in [1.165, 1.54) is 4.90 Å². The third-order valence-corrected chi connectivity index (χ3v) is 2.56. The Kier molecular flexibility index (Phi) is 3.66. The van der Waals surface area contributed by atoms with Crippen molar-refractivity contribution in [3.63, 3.8) is 0 Å². The summed E-state index contributed by atoms with van der Waals surface area (Å²) in [5, 5.41) is 3.19. The Morgan fingerprint density at radius 3 is 2.63 bits per heavy atom. The predicted molar refractivity (Wildman–Crippen MR) is 76.4 cm³/mol. The van der Waals surface area contributed by atoms with Crippen LogP contribution < -0.4 is 11.1 Å². The van der Waals surface area contributed by atoms with E-state index >= 15 is 0 Å². The first kappa shape index (κ1) is 12.9. The van der Waals surface area contributed by atoms with Crippen molar-refractivity contribution in [1.82, 2.24) is 9.88 Å². The summed E-state index contributed by atoms with van der Waals surface area (Å²) in [6.07, 6.45) is 1.60. The van der Waals surface area contributed by atoms with Crippen molar-refractivity contribution in [2.45, 2.75) is 0 Å². The van der Waals surface area contributed by atoms with Crippen molar-refractivity contribution >= 4 is 23.0 Å². The Labute approximate surface area is 112 Å². The number of nitrogen functional groups attached to an aromatic ring is 1. The van der Waals surface area contributed by atoms with E-state index in [1.807, 2.05) is 24.3 Å². The Morgan fingerprint density at radius 1 is 1.21 bits per heavy atom. The second kappa shape index (κ2) is 5.39. The normalized spacial score (nSPS) is 10.0. The summed E-state index contributed by atoms with van der Waals surface area (Å²) >= 11 is 0. The molecule has 1 aromatic heterocycles. The van der Waals surface area contributed by atoms with Crippen molar-refractivity contribution in [3.05, 3.63) is 48.3 Å². The zero-order valence-electron chi connectivity index (χ0n) is 10.9. The number of hydrogen-bond acceptors (Lipinski definition) is 4. The maximum atomic E-state index is 11.8. The fourth-order valence-electron chi connectivity index (χ4n) is 1.64. The Morgan fingerprint density at radius 2 is 1.95 bits per heavy atom. The van der Waals surface area contributed by atoms with Crippen molar-refractivity contribution in [2.75, 3.05) is 25.1 Å². The number of anilines is 3. The first-order chi connectivity index (χ1) is 9.06. The maximum absolute atomic E-state index is 11.8. The number of rotatable bonds is 3. The molecule has 0 aliphatic heterocycles. The predicted octanol–water partition coefficient (Wildman–Crippen LogP) is 2.11. The van der Waals surface area contributed by atoms with Gasteiger partial charge in [-0.2, -0.15) is 0 Å². The Bertz CT molecular complexity index is 596. The monoisotopic (exact) mass is 256 g/mol. The van der Waals surface area contributed by atoms with Gasteiger partial charge in [-0.05, 0) is 30.3 Å². The molecule has 1 amide bonds. The quantitative estimate of drug-likeness (QED) is 0.825. The first-order valence-corrected chi connectivity index (χ1v) is 5.86. The van der Waals surface area contributed by atoms with Crippen LogP contribution in [0.5, 0.6) is 0 Å². The van der Waals surface area contributed by atoms with Crippen LogP contribution in [0.25, 0.3) is 0 Å². The molecule has 19 heavy (non-hydrogen) atoms. The van der Waals surface area contributed by atoms with Crippen LogP contribution in [-0.2, 0) is 0 Å². The topological polar surface area (TPSA) is 71.2 Å². The molecule has 0 unspecified atom stereocenters. The molecule has 0 saturated carbocycles. The highest BCUT2D eigenvalue weighted by molar-refractivity contribution is 5.92. The summed E-state index contributed by atoms with van der Waals surface area (Å²) < 4.78 is 0. The molecular weight excluding hydrogens is 240 g/mol. The molecule has 1 heterocycles. The van der Waals surface area contributed by atoms with E-state index in [1.54, 1.807) is 32.4 Å². The van der Waals surface area contributed by atoms with Gasteiger partial charge < -0.3 is 16.0 Å². The number of benzene rings is 1. The van der Waals surface area contributed by atoms with E-state index in [9.17, 15) is 4.79 Å². The second-order valence-electron chi connectivity index (χ2n) is 4.38. The number of aromatic nitrogens is 1. The van der Waals surface area contributed by atoms with Gasteiger partial charge in [0.2, 0.25) is 0 Å². The number of carbonyl (C=O) groups excluding carboxylic acids is 1. The van der Waals surface area contributed by atoms with Gasteiger partial charge in [0.25, 0.3) is 5.91 Å². The zero-order chi connectivity index (χ0) is 13.8. The number of carbonyl (C=O) groups is 1. The van der Waals surface area contributed by atoms with E-state index in [2.05, 4.69) is 10.3 Å². The number of pyridine rings is 1. The molecule has 1 aromatic carbocycles. The smallest absolute Gasteiger partial charge is 0.272 e. The standard InChI is InChI=1S/C14H16N4O/c1-18(2)14(19)13-9-12(6-7-16-13)17-11-5-3-4-10(15)8-11/h3-9H,15H2,1-2H3,(H,16,17). The highest BCUT2D eigenvalue weighted by Crippen LogP contribution is 2.19. The summed E-state index contributed by atoms with van der Waals surface area (Å²) in [5.74, 6) is -0.128. The number of hydrogen-bond donors (Lipinski definition) is 2. The van der Waals surface area contributed by atoms with Crippen molar-refractivity contribution in [1.29, 1.82) is 0 Å². The highest BCUT2D eigenvalue weighted by Gasteiger charge is 2.09. The molecule has 0 radical (unpaired) electrons. The van der Waals surface area contributed by atoms with E-state index in [0.29, 0.717) is 11.4 Å². The summed E-state index contributed by atoms with van der Waals surface area (Å²) in [4.78, 5) is 17.4. The highest BCUT2D eigenvalue weighted by atomic mass is 16.2. The fraction of sp³-hybridized carbons (Fsp3) is 0.143. The third kappa shape index (κ3) is 3.22. The second-order valence-corrected chi connectivity index (χ2v) is 4.38. The van der Waals surface area contributed by atoms with Crippen molar-refractivity contribution in [3.8, 4) is 0 Å². The molecule has 3 N–H and O–H groups in total. The van der Waals surface area contributed by atoms with Crippen molar-refractivity contribution in [2.24, 2.45) is 0 Å². The molecule has 0 spiro atoms. The molecule has 98 valence electrons. The lowest BCUT2D eigenvalue weighted by atomic mass is 10.2. The van der Waals surface area contributed by atoms with E-state index in [-0.39, 0.29) is 5.91 Å². The minimum atomic E-state index is -0.128. The molecule has 5 nitrogen and oxygen atoms in total. The molecule has 5 heteroatoms. The van der Waals surface area contributed by atoms with Crippen molar-refractivity contribution < 1.29 is 4.79 Å². The largest absolute Gasteiger partial charge is 0.399 e. The van der Waals surface area contributed by atoms with Crippen LogP contribution >= 0.6 is 0 Å². The van der Waals surface area contributed by atoms with Crippen LogP contribution in [0.2, 0.25) is 0 Å². The molecule has 0 fully saturated rings. The van der Waals surface area contributed by atoms with Crippen LogP contribution in [-0.4, -0.2) is 29.9 Å². The van der Waals surface area contributed by atoms with Crippen LogP contribution in [0.1, 0.15) is 10.5 Å². The molecule has 0 atom stereocenters. The van der Waals surface area contributed by atoms with Gasteiger partial charge in [-0.1, -0.05) is 6.07 Å². The van der Waals surface area contributed by atoms with E-state index in [4.69, 9.17) is 5.73 Å². The molecule has 0 aliphatic rings. The lowest BCUT2D eigenvalue weighted by molar-refractivity contribution is 0.0822. The molecule has 2 aromatic rings. The number of amides is 1. The van der Waals surface area contributed by atoms with Gasteiger partial charge in [0.15, 0.2) is 0 Å². The van der Waals surface area contributed by atoms with Gasteiger partial charge in [-0.15, -0.1) is 0 Å². The summed E-state index contributed by atoms with van der Waals surface area (Å²) in [6, 6.07) is 10.9. The number of nitrogens with one attached hydrogen (secondary N) is 1. The van der Waals surface area contributed by atoms with E-state index in [0.717, 1.165) is 11.4 Å². The summed E-state index contributed by atoms with van der Waals surface area (Å²) in [6.45, 7) is 0. The number of nitrogens with two attached hydrogens (primary N) is 1.